The smallest absolute Gasteiger partial charge is 0.218 e. The van der Waals surface area contributed by atoms with E-state index in [1.165, 1.54) is 18.7 Å². The molecule has 0 aromatic carbocycles. The Hall–Kier alpha value is -1.75. The van der Waals surface area contributed by atoms with E-state index in [-0.39, 0.29) is 12.1 Å². The monoisotopic (exact) mass is 598 g/mol. The average Bonchev–Trinajstić information content (AvgIpc) is 2.62. The van der Waals surface area contributed by atoms with E-state index in [9.17, 15) is 74.6 Å². The minimum atomic E-state index is -8.03. The van der Waals surface area contributed by atoms with Gasteiger partial charge in [0.15, 0.2) is 0 Å². The second-order valence-electron chi connectivity index (χ2n) is 8.31. The molecule has 37 heavy (non-hydrogen) atoms. The lowest BCUT2D eigenvalue weighted by molar-refractivity contribution is -0.365. The molecular weight excluding hydrogens is 579 g/mol. The zero-order chi connectivity index (χ0) is 30.1. The van der Waals surface area contributed by atoms with Gasteiger partial charge in [0, 0.05) is 11.1 Å². The summed E-state index contributed by atoms with van der Waals surface area (Å²) in [4.78, 5) is 0. The zero-order valence-corrected chi connectivity index (χ0v) is 19.5. The van der Waals surface area contributed by atoms with Crippen molar-refractivity contribution in [2.24, 2.45) is 0 Å². The van der Waals surface area contributed by atoms with Crippen molar-refractivity contribution in [1.29, 1.82) is 0 Å². The molecular formula is C19H19F17Si. The summed E-state index contributed by atoms with van der Waals surface area (Å²) in [6, 6.07) is -0.465. The van der Waals surface area contributed by atoms with E-state index >= 15 is 0 Å². The van der Waals surface area contributed by atoms with Crippen LogP contribution in [0.1, 0.15) is 12.8 Å². The number of hydrogen-bond acceptors (Lipinski definition) is 0. The molecule has 0 N–H and O–H groups in total. The van der Waals surface area contributed by atoms with Crippen LogP contribution in [-0.4, -0.2) is 50.3 Å². The number of rotatable bonds is 10. The maximum absolute atomic E-state index is 14.6. The Labute approximate surface area is 199 Å². The van der Waals surface area contributed by atoms with Gasteiger partial charge in [0.2, 0.25) is 0 Å². The molecule has 0 aliphatic heterocycles. The summed E-state index contributed by atoms with van der Waals surface area (Å²) in [5, 5.41) is 0. The van der Waals surface area contributed by atoms with E-state index in [1.54, 1.807) is 0 Å². The van der Waals surface area contributed by atoms with Crippen molar-refractivity contribution >= 4 is 8.07 Å². The van der Waals surface area contributed by atoms with E-state index in [0.29, 0.717) is 0 Å². The van der Waals surface area contributed by atoms with Crippen molar-refractivity contribution < 1.29 is 74.6 Å². The summed E-state index contributed by atoms with van der Waals surface area (Å²) < 4.78 is 229. The van der Waals surface area contributed by atoms with Crippen LogP contribution in [0.25, 0.3) is 0 Å². The van der Waals surface area contributed by atoms with Crippen LogP contribution in [0.15, 0.2) is 36.5 Å². The van der Waals surface area contributed by atoms with E-state index in [1.807, 2.05) is 0 Å². The lowest BCUT2D eigenvalue weighted by Crippen LogP contribution is -2.66. The van der Waals surface area contributed by atoms with Crippen LogP contribution < -0.4 is 0 Å². The third-order valence-corrected chi connectivity index (χ3v) is 9.49. The van der Waals surface area contributed by atoms with Crippen LogP contribution >= 0.6 is 0 Å². The second kappa shape index (κ2) is 10.8. The molecule has 0 nitrogen and oxygen atoms in total. The van der Waals surface area contributed by atoms with Gasteiger partial charge in [0.05, 0.1) is 8.07 Å². The van der Waals surface area contributed by atoms with Crippen LogP contribution in [0.4, 0.5) is 74.6 Å². The fraction of sp³-hybridized carbons (Fsp3) is 0.684. The predicted octanol–water partition coefficient (Wildman–Crippen LogP) is 9.74. The lowest BCUT2D eigenvalue weighted by Gasteiger charge is -2.42. The van der Waals surface area contributed by atoms with Crippen molar-refractivity contribution in [2.45, 2.75) is 79.7 Å². The third-order valence-electron chi connectivity index (χ3n) is 5.38. The average molecular weight is 598 g/mol. The highest BCUT2D eigenvalue weighted by Crippen LogP contribution is 2.63. The quantitative estimate of drug-likeness (QED) is 0.133. The van der Waals surface area contributed by atoms with Crippen molar-refractivity contribution in [1.82, 2.24) is 0 Å². The Morgan fingerprint density at radius 2 is 0.892 bits per heavy atom. The molecule has 0 aliphatic carbocycles. The normalized spacial score (nSPS) is 15.0. The minimum absolute atomic E-state index is 0.0350. The van der Waals surface area contributed by atoms with Gasteiger partial charge >= 0.3 is 42.2 Å². The van der Waals surface area contributed by atoms with Crippen molar-refractivity contribution in [3.05, 3.63) is 36.5 Å². The first-order valence-corrected chi connectivity index (χ1v) is 12.9. The second-order valence-corrected chi connectivity index (χ2v) is 13.2. The summed E-state index contributed by atoms with van der Waals surface area (Å²) in [6.07, 6.45) is -39.8. The largest absolute Gasteiger partial charge is 0.435 e. The first kappa shape index (κ1) is 35.2. The van der Waals surface area contributed by atoms with Crippen LogP contribution in [0.5, 0.6) is 0 Å². The van der Waals surface area contributed by atoms with Gasteiger partial charge in [-0.1, -0.05) is 31.2 Å². The molecule has 0 unspecified atom stereocenters. The Morgan fingerprint density at radius 1 is 0.595 bits per heavy atom. The maximum atomic E-state index is 14.6. The highest BCUT2D eigenvalue weighted by molar-refractivity contribution is 6.79. The molecule has 0 heterocycles. The van der Waals surface area contributed by atoms with Crippen molar-refractivity contribution in [3.8, 4) is 0 Å². The van der Waals surface area contributed by atoms with Gasteiger partial charge in [-0.05, 0) is 18.5 Å². The number of allylic oxidation sites excluding steroid dienone is 4. The predicted molar refractivity (Wildman–Crippen MR) is 101 cm³/mol. The number of hydrogen-bond donors (Lipinski definition) is 0. The molecule has 0 spiro atoms. The first-order valence-electron chi connectivity index (χ1n) is 9.76. The molecule has 0 radical (unpaired) electrons. The summed E-state index contributed by atoms with van der Waals surface area (Å²) >= 11 is 0. The van der Waals surface area contributed by atoms with Gasteiger partial charge in [-0.15, -0.1) is 13.2 Å². The van der Waals surface area contributed by atoms with Crippen LogP contribution in [0.2, 0.25) is 24.7 Å². The molecule has 0 saturated heterocycles. The van der Waals surface area contributed by atoms with Gasteiger partial charge in [0.25, 0.3) is 0 Å². The highest BCUT2D eigenvalue weighted by atomic mass is 28.3. The Morgan fingerprint density at radius 3 is 1.11 bits per heavy atom. The van der Waals surface area contributed by atoms with Gasteiger partial charge in [-0.3, -0.25) is 0 Å². The molecule has 0 aliphatic rings. The van der Waals surface area contributed by atoms with Gasteiger partial charge in [-0.2, -0.15) is 65.9 Å². The molecule has 0 atom stereocenters. The standard InChI is InChI=1S/C19H19F17Si/c1-4-8-37(3,9-5-2)10-6-7-11(15(22,23)24)12(13(20,16(25,26)27)17(28,29)30)14(21,18(31,32)33)19(34,35)36/h4-5H,1-2,6-10H2,3H3. The van der Waals surface area contributed by atoms with Gasteiger partial charge in [-0.25, -0.2) is 8.78 Å². The zero-order valence-electron chi connectivity index (χ0n) is 18.5. The SMILES string of the molecule is C=CC[Si](C)(CC=C)CCCC(=C(C(F)(C(F)(F)F)C(F)(F)F)C(F)(C(F)(F)F)C(F)(F)F)C(F)(F)F. The number of alkyl halides is 17. The fourth-order valence-electron chi connectivity index (χ4n) is 3.63. The molecule has 0 amide bonds. The third kappa shape index (κ3) is 7.02. The summed E-state index contributed by atoms with van der Waals surface area (Å²) in [5.74, 6) is 0. The van der Waals surface area contributed by atoms with E-state index in [4.69, 9.17) is 0 Å². The Kier molecular flexibility index (Phi) is 10.3. The van der Waals surface area contributed by atoms with E-state index in [2.05, 4.69) is 13.2 Å². The van der Waals surface area contributed by atoms with Crippen molar-refractivity contribution in [3.63, 3.8) is 0 Å². The molecule has 0 aromatic rings. The summed E-state index contributed by atoms with van der Waals surface area (Å²) in [6.45, 7) is 8.05. The highest BCUT2D eigenvalue weighted by Gasteiger charge is 2.87. The Bertz CT molecular complexity index is 757. The molecule has 0 rings (SSSR count). The summed E-state index contributed by atoms with van der Waals surface area (Å²) in [7, 11) is -2.85. The van der Waals surface area contributed by atoms with E-state index < -0.39 is 80.3 Å². The lowest BCUT2D eigenvalue weighted by atomic mass is 9.76. The van der Waals surface area contributed by atoms with Crippen LogP contribution in [0, 0.1) is 0 Å². The minimum Gasteiger partial charge on any atom is -0.218 e. The first-order chi connectivity index (χ1) is 16.1. The fourth-order valence-corrected chi connectivity index (χ4v) is 6.63. The van der Waals surface area contributed by atoms with Crippen LogP contribution in [0.3, 0.4) is 0 Å². The molecule has 18 heteroatoms. The van der Waals surface area contributed by atoms with Crippen molar-refractivity contribution in [2.75, 3.05) is 0 Å². The van der Waals surface area contributed by atoms with Gasteiger partial charge in [0.1, 0.15) is 0 Å². The topological polar surface area (TPSA) is 0 Å². The molecule has 0 fully saturated rings. The van der Waals surface area contributed by atoms with Gasteiger partial charge < -0.3 is 0 Å². The molecule has 0 aromatic heterocycles. The molecule has 0 bridgehead atoms. The van der Waals surface area contributed by atoms with Crippen LogP contribution in [-0.2, 0) is 0 Å². The molecule has 218 valence electrons. The Balaban J connectivity index is 7.81. The summed E-state index contributed by atoms with van der Waals surface area (Å²) in [5.41, 5.74) is -25.2. The maximum Gasteiger partial charge on any atom is 0.435 e. The molecule has 0 saturated carbocycles. The van der Waals surface area contributed by atoms with E-state index in [0.717, 1.165) is 0 Å². The number of halogens is 17.